The number of alkyl halides is 2. The first kappa shape index (κ1) is 18.4. The molecule has 0 bridgehead atoms. The summed E-state index contributed by atoms with van der Waals surface area (Å²) in [6.07, 6.45) is 1.84. The van der Waals surface area contributed by atoms with Crippen LogP contribution >= 0.6 is 0 Å². The second kappa shape index (κ2) is 7.73. The highest BCUT2D eigenvalue weighted by atomic mass is 19.3. The Bertz CT molecular complexity index is 877. The Balaban J connectivity index is 2.33. The molecule has 2 aromatic rings. The Hall–Kier alpha value is -3.97. The molecule has 3 N–H and O–H groups in total. The van der Waals surface area contributed by atoms with Gasteiger partial charge in [-0.15, -0.1) is 0 Å². The van der Waals surface area contributed by atoms with Crippen molar-refractivity contribution in [2.45, 2.75) is 6.61 Å². The van der Waals surface area contributed by atoms with E-state index in [0.717, 1.165) is 30.7 Å². The molecule has 0 aliphatic rings. The Kier molecular flexibility index (Phi) is 5.46. The zero-order chi connectivity index (χ0) is 19.3. The molecule has 0 amide bonds. The summed E-state index contributed by atoms with van der Waals surface area (Å²) in [5, 5.41) is 25.3. The Morgan fingerprint density at radius 3 is 2.62 bits per heavy atom. The van der Waals surface area contributed by atoms with Gasteiger partial charge in [0, 0.05) is 17.7 Å². The van der Waals surface area contributed by atoms with Crippen molar-refractivity contribution < 1.29 is 23.4 Å². The monoisotopic (exact) mass is 369 g/mol. The smallest absolute Gasteiger partial charge is 0.387 e. The lowest BCUT2D eigenvalue weighted by Crippen LogP contribution is -2.06. The van der Waals surface area contributed by atoms with Gasteiger partial charge in [-0.25, -0.2) is 9.97 Å². The van der Waals surface area contributed by atoms with E-state index >= 15 is 0 Å². The van der Waals surface area contributed by atoms with Crippen LogP contribution in [0.5, 0.6) is 5.75 Å². The van der Waals surface area contributed by atoms with Crippen LogP contribution in [0.4, 0.5) is 31.8 Å². The number of aromatic nitrogens is 2. The molecule has 0 aliphatic heterocycles. The molecule has 1 heterocycles. The van der Waals surface area contributed by atoms with Gasteiger partial charge in [0.2, 0.25) is 11.6 Å². The van der Waals surface area contributed by atoms with E-state index in [4.69, 9.17) is 5.73 Å². The summed E-state index contributed by atoms with van der Waals surface area (Å²) in [5.74, 6) is -1.16. The van der Waals surface area contributed by atoms with E-state index in [9.17, 15) is 29.0 Å². The van der Waals surface area contributed by atoms with Crippen molar-refractivity contribution in [3.63, 3.8) is 0 Å². The van der Waals surface area contributed by atoms with E-state index in [1.54, 1.807) is 0 Å². The zero-order valence-electron chi connectivity index (χ0n) is 12.6. The van der Waals surface area contributed by atoms with Gasteiger partial charge in [-0.05, 0) is 6.07 Å². The number of nitrogens with two attached hydrogens (primary N) is 1. The highest BCUT2D eigenvalue weighted by molar-refractivity contribution is 5.85. The summed E-state index contributed by atoms with van der Waals surface area (Å²) < 4.78 is 29.1. The third kappa shape index (κ3) is 4.31. The van der Waals surface area contributed by atoms with Crippen molar-refractivity contribution in [3.8, 4) is 5.75 Å². The van der Waals surface area contributed by atoms with E-state index in [1.165, 1.54) is 0 Å². The number of nitrogen functional groups attached to an aromatic ring is 1. The molecule has 136 valence electrons. The number of hydrogen-bond donors (Lipinski definition) is 2. The average molecular weight is 369 g/mol. The molecular weight excluding hydrogens is 360 g/mol. The summed E-state index contributed by atoms with van der Waals surface area (Å²) >= 11 is 0. The number of halogens is 2. The maximum atomic E-state index is 12.4. The maximum absolute atomic E-state index is 12.4. The van der Waals surface area contributed by atoms with Crippen molar-refractivity contribution in [1.82, 2.24) is 9.97 Å². The number of benzene rings is 1. The zero-order valence-corrected chi connectivity index (χ0v) is 12.6. The molecule has 1 aromatic carbocycles. The number of hydrogen-bond acceptors (Lipinski definition) is 10. The van der Waals surface area contributed by atoms with Crippen LogP contribution in [0.15, 0.2) is 29.6 Å². The summed E-state index contributed by atoms with van der Waals surface area (Å²) in [5.41, 5.74) is 6.36. The van der Waals surface area contributed by atoms with Gasteiger partial charge >= 0.3 is 12.3 Å². The second-order valence-electron chi connectivity index (χ2n) is 4.44. The third-order valence-electron chi connectivity index (χ3n) is 2.83. The van der Waals surface area contributed by atoms with E-state index in [1.807, 2.05) is 0 Å². The Labute approximate surface area is 142 Å². The first-order chi connectivity index (χ1) is 12.3. The standard InChI is InChI=1S/C12H9F2N7O5/c13-12(14)26-8-2-1-7(20(22)23)3-6(8)4-18-19-11-9(21(24)25)10(15)16-5-17-11/h1-5,12H,(H3,15,16,17,19)/b18-4+. The fraction of sp³-hybridized carbons (Fsp3) is 0.0833. The molecular formula is C12H9F2N7O5. The van der Waals surface area contributed by atoms with Gasteiger partial charge in [-0.2, -0.15) is 13.9 Å². The number of hydrazone groups is 1. The number of anilines is 2. The van der Waals surface area contributed by atoms with E-state index in [2.05, 4.69) is 25.2 Å². The summed E-state index contributed by atoms with van der Waals surface area (Å²) in [4.78, 5) is 27.2. The fourth-order valence-corrected chi connectivity index (χ4v) is 1.77. The summed E-state index contributed by atoms with van der Waals surface area (Å²) in [6, 6.07) is 2.88. The third-order valence-corrected chi connectivity index (χ3v) is 2.83. The van der Waals surface area contributed by atoms with Gasteiger partial charge in [0.15, 0.2) is 0 Å². The fourth-order valence-electron chi connectivity index (χ4n) is 1.77. The molecule has 12 nitrogen and oxygen atoms in total. The summed E-state index contributed by atoms with van der Waals surface area (Å²) in [7, 11) is 0. The lowest BCUT2D eigenvalue weighted by atomic mass is 10.2. The normalized spacial score (nSPS) is 10.9. The van der Waals surface area contributed by atoms with Crippen LogP contribution < -0.4 is 15.9 Å². The predicted molar refractivity (Wildman–Crippen MR) is 84.0 cm³/mol. The minimum Gasteiger partial charge on any atom is -0.434 e. The van der Waals surface area contributed by atoms with Crippen LogP contribution in [0, 0.1) is 20.2 Å². The average Bonchev–Trinajstić information content (AvgIpc) is 2.55. The quantitative estimate of drug-likeness (QED) is 0.420. The Morgan fingerprint density at radius 2 is 2.00 bits per heavy atom. The highest BCUT2D eigenvalue weighted by Gasteiger charge is 2.20. The number of nitrogens with one attached hydrogen (secondary N) is 1. The van der Waals surface area contributed by atoms with E-state index in [-0.39, 0.29) is 17.1 Å². The number of rotatable bonds is 7. The summed E-state index contributed by atoms with van der Waals surface area (Å²) in [6.45, 7) is -3.17. The minimum absolute atomic E-state index is 0.170. The van der Waals surface area contributed by atoms with E-state index in [0.29, 0.717) is 0 Å². The van der Waals surface area contributed by atoms with Crippen LogP contribution in [0.2, 0.25) is 0 Å². The molecule has 14 heteroatoms. The predicted octanol–water partition coefficient (Wildman–Crippen LogP) is 1.92. The molecule has 0 spiro atoms. The number of non-ortho nitro benzene ring substituents is 1. The molecule has 0 aliphatic carbocycles. The molecule has 26 heavy (non-hydrogen) atoms. The molecule has 0 saturated carbocycles. The SMILES string of the molecule is Nc1ncnc(N/N=C/c2cc([N+](=O)[O-])ccc2OC(F)F)c1[N+](=O)[O-]. The highest BCUT2D eigenvalue weighted by Crippen LogP contribution is 2.27. The van der Waals surface area contributed by atoms with Crippen LogP contribution in [0.1, 0.15) is 5.56 Å². The second-order valence-corrected chi connectivity index (χ2v) is 4.44. The van der Waals surface area contributed by atoms with Crippen LogP contribution in [-0.4, -0.2) is 32.6 Å². The van der Waals surface area contributed by atoms with Crippen LogP contribution in [0.3, 0.4) is 0 Å². The number of ether oxygens (including phenoxy) is 1. The van der Waals surface area contributed by atoms with Crippen molar-refractivity contribution in [2.24, 2.45) is 5.10 Å². The number of nitro groups is 2. The lowest BCUT2D eigenvalue weighted by Gasteiger charge is -2.07. The maximum Gasteiger partial charge on any atom is 0.387 e. The first-order valence-corrected chi connectivity index (χ1v) is 6.56. The van der Waals surface area contributed by atoms with Crippen molar-refractivity contribution in [2.75, 3.05) is 11.2 Å². The molecule has 0 fully saturated rings. The van der Waals surface area contributed by atoms with Crippen molar-refractivity contribution in [1.29, 1.82) is 0 Å². The largest absolute Gasteiger partial charge is 0.434 e. The van der Waals surface area contributed by atoms with E-state index < -0.39 is 33.7 Å². The number of nitro benzene ring substituents is 1. The van der Waals surface area contributed by atoms with Crippen molar-refractivity contribution >= 4 is 29.2 Å². The molecule has 0 radical (unpaired) electrons. The minimum atomic E-state index is -3.17. The van der Waals surface area contributed by atoms with Gasteiger partial charge in [0.05, 0.1) is 16.1 Å². The van der Waals surface area contributed by atoms with Crippen molar-refractivity contribution in [3.05, 3.63) is 50.3 Å². The molecule has 1 aromatic heterocycles. The van der Waals surface area contributed by atoms with Gasteiger partial charge in [-0.3, -0.25) is 25.7 Å². The molecule has 2 rings (SSSR count). The van der Waals surface area contributed by atoms with Gasteiger partial charge < -0.3 is 10.5 Å². The van der Waals surface area contributed by atoms with Gasteiger partial charge in [0.1, 0.15) is 12.1 Å². The first-order valence-electron chi connectivity index (χ1n) is 6.56. The van der Waals surface area contributed by atoms with Crippen LogP contribution in [-0.2, 0) is 0 Å². The van der Waals surface area contributed by atoms with Gasteiger partial charge in [-0.1, -0.05) is 0 Å². The topological polar surface area (TPSA) is 172 Å². The lowest BCUT2D eigenvalue weighted by molar-refractivity contribution is -0.384. The molecule has 0 unspecified atom stereocenters. The molecule has 0 atom stereocenters. The van der Waals surface area contributed by atoms with Gasteiger partial charge in [0.25, 0.3) is 5.69 Å². The molecule has 0 saturated heterocycles. The Morgan fingerprint density at radius 1 is 1.27 bits per heavy atom. The van der Waals surface area contributed by atoms with Crippen LogP contribution in [0.25, 0.3) is 0 Å². The number of nitrogens with zero attached hydrogens (tertiary/aromatic N) is 5.